The van der Waals surface area contributed by atoms with Crippen molar-refractivity contribution in [3.8, 4) is 16.2 Å². The van der Waals surface area contributed by atoms with Gasteiger partial charge in [0.25, 0.3) is 5.56 Å². The number of rotatable bonds is 4. The Morgan fingerprint density at radius 2 is 2.17 bits per heavy atom. The number of esters is 1. The minimum Gasteiger partial charge on any atom is -0.507 e. The van der Waals surface area contributed by atoms with Crippen LogP contribution in [0.25, 0.3) is 20.7 Å². The predicted octanol–water partition coefficient (Wildman–Crippen LogP) is 2.39. The Labute approximate surface area is 135 Å². The van der Waals surface area contributed by atoms with Gasteiger partial charge in [-0.25, -0.2) is 4.98 Å². The lowest BCUT2D eigenvalue weighted by atomic mass is 10.1. The van der Waals surface area contributed by atoms with Crippen LogP contribution in [0.3, 0.4) is 0 Å². The maximum atomic E-state index is 12.5. The van der Waals surface area contributed by atoms with Gasteiger partial charge in [-0.3, -0.25) is 14.2 Å². The molecule has 0 aliphatic heterocycles. The highest BCUT2D eigenvalue weighted by Gasteiger charge is 2.14. The molecule has 0 unspecified atom stereocenters. The summed E-state index contributed by atoms with van der Waals surface area (Å²) in [7, 11) is 0. The van der Waals surface area contributed by atoms with Crippen molar-refractivity contribution >= 4 is 27.5 Å². The summed E-state index contributed by atoms with van der Waals surface area (Å²) < 4.78 is 6.07. The molecule has 0 aliphatic rings. The molecule has 2 heterocycles. The molecule has 0 spiro atoms. The van der Waals surface area contributed by atoms with Gasteiger partial charge in [0.1, 0.15) is 17.1 Å². The first-order valence-corrected chi connectivity index (χ1v) is 7.84. The molecule has 0 bridgehead atoms. The molecule has 1 aromatic carbocycles. The Bertz CT molecular complexity index is 929. The van der Waals surface area contributed by atoms with Gasteiger partial charge in [0.15, 0.2) is 0 Å². The number of hydrogen-bond donors (Lipinski definition) is 1. The van der Waals surface area contributed by atoms with Crippen LogP contribution in [0.15, 0.2) is 41.5 Å². The Hall–Kier alpha value is -2.67. The molecule has 0 amide bonds. The van der Waals surface area contributed by atoms with Crippen molar-refractivity contribution in [2.45, 2.75) is 13.5 Å². The van der Waals surface area contributed by atoms with Gasteiger partial charge in [0.2, 0.25) is 0 Å². The van der Waals surface area contributed by atoms with Crippen LogP contribution >= 0.6 is 11.3 Å². The summed E-state index contributed by atoms with van der Waals surface area (Å²) in [5, 5.41) is 10.3. The van der Waals surface area contributed by atoms with Crippen LogP contribution in [0.1, 0.15) is 6.92 Å². The monoisotopic (exact) mass is 330 g/mol. The van der Waals surface area contributed by atoms with Crippen LogP contribution in [-0.4, -0.2) is 27.2 Å². The highest BCUT2D eigenvalue weighted by molar-refractivity contribution is 7.21. The van der Waals surface area contributed by atoms with Crippen LogP contribution in [0.4, 0.5) is 0 Å². The van der Waals surface area contributed by atoms with Crippen LogP contribution < -0.4 is 5.56 Å². The Balaban J connectivity index is 2.04. The zero-order valence-corrected chi connectivity index (χ0v) is 13.2. The van der Waals surface area contributed by atoms with E-state index < -0.39 is 5.97 Å². The summed E-state index contributed by atoms with van der Waals surface area (Å²) in [5.74, 6) is -0.335. The number of benzene rings is 1. The molecule has 3 rings (SSSR count). The standard InChI is InChI=1S/C16H14N2O4S/c1-2-22-14(20)8-18-9-17-15-11(16(18)21)7-13(23-15)10-5-3-4-6-12(10)19/h3-7,9,19H,2,8H2,1H3. The number of aromatic nitrogens is 2. The largest absolute Gasteiger partial charge is 0.507 e. The number of hydrogen-bond acceptors (Lipinski definition) is 6. The number of aromatic hydroxyl groups is 1. The number of carbonyl (C=O) groups is 1. The lowest BCUT2D eigenvalue weighted by molar-refractivity contribution is -0.143. The van der Waals surface area contributed by atoms with Gasteiger partial charge in [-0.1, -0.05) is 12.1 Å². The second kappa shape index (κ2) is 6.21. The summed E-state index contributed by atoms with van der Waals surface area (Å²) in [6.07, 6.45) is 1.34. The minimum atomic E-state index is -0.480. The van der Waals surface area contributed by atoms with Crippen molar-refractivity contribution in [3.05, 3.63) is 47.0 Å². The molecule has 0 radical (unpaired) electrons. The first kappa shape index (κ1) is 15.2. The van der Waals surface area contributed by atoms with Gasteiger partial charge in [-0.15, -0.1) is 11.3 Å². The first-order valence-electron chi connectivity index (χ1n) is 7.03. The highest BCUT2D eigenvalue weighted by Crippen LogP contribution is 2.35. The van der Waals surface area contributed by atoms with Crippen molar-refractivity contribution in [2.24, 2.45) is 0 Å². The van der Waals surface area contributed by atoms with E-state index in [4.69, 9.17) is 4.74 Å². The van der Waals surface area contributed by atoms with Gasteiger partial charge in [-0.05, 0) is 25.1 Å². The van der Waals surface area contributed by atoms with Crippen molar-refractivity contribution in [1.82, 2.24) is 9.55 Å². The van der Waals surface area contributed by atoms with Crippen molar-refractivity contribution in [2.75, 3.05) is 6.61 Å². The van der Waals surface area contributed by atoms with Crippen LogP contribution in [0, 0.1) is 0 Å². The topological polar surface area (TPSA) is 81.4 Å². The molecule has 0 fully saturated rings. The molecule has 7 heteroatoms. The van der Waals surface area contributed by atoms with E-state index in [0.29, 0.717) is 15.8 Å². The molecular weight excluding hydrogens is 316 g/mol. The van der Waals surface area contributed by atoms with Gasteiger partial charge in [0.05, 0.1) is 18.3 Å². The number of carbonyl (C=O) groups excluding carboxylic acids is 1. The Morgan fingerprint density at radius 3 is 2.91 bits per heavy atom. The normalized spacial score (nSPS) is 10.8. The molecule has 118 valence electrons. The van der Waals surface area contributed by atoms with Crippen LogP contribution in [0.5, 0.6) is 5.75 Å². The van der Waals surface area contributed by atoms with Crippen LogP contribution in [0.2, 0.25) is 0 Å². The molecule has 2 aromatic heterocycles. The fourth-order valence-corrected chi connectivity index (χ4v) is 3.26. The Kier molecular flexibility index (Phi) is 4.12. The fraction of sp³-hybridized carbons (Fsp3) is 0.188. The zero-order valence-electron chi connectivity index (χ0n) is 12.4. The van der Waals surface area contributed by atoms with E-state index in [-0.39, 0.29) is 24.5 Å². The van der Waals surface area contributed by atoms with E-state index in [9.17, 15) is 14.7 Å². The molecule has 0 atom stereocenters. The molecule has 0 saturated heterocycles. The van der Waals surface area contributed by atoms with Gasteiger partial charge in [-0.2, -0.15) is 0 Å². The van der Waals surface area contributed by atoms with E-state index >= 15 is 0 Å². The number of phenols is 1. The average Bonchev–Trinajstić information content (AvgIpc) is 2.95. The number of nitrogens with zero attached hydrogens (tertiary/aromatic N) is 2. The molecule has 0 saturated carbocycles. The molecular formula is C16H14N2O4S. The zero-order chi connectivity index (χ0) is 16.4. The van der Waals surface area contributed by atoms with Gasteiger partial charge in [0, 0.05) is 10.4 Å². The maximum Gasteiger partial charge on any atom is 0.326 e. The summed E-state index contributed by atoms with van der Waals surface area (Å²) in [6, 6.07) is 8.60. The lowest BCUT2D eigenvalue weighted by Gasteiger charge is -2.04. The van der Waals surface area contributed by atoms with Crippen molar-refractivity contribution < 1.29 is 14.6 Å². The molecule has 6 nitrogen and oxygen atoms in total. The number of thiophene rings is 1. The number of para-hydroxylation sites is 1. The predicted molar refractivity (Wildman–Crippen MR) is 87.6 cm³/mol. The van der Waals surface area contributed by atoms with E-state index in [2.05, 4.69) is 4.98 Å². The highest BCUT2D eigenvalue weighted by atomic mass is 32.1. The smallest absolute Gasteiger partial charge is 0.326 e. The Morgan fingerprint density at radius 1 is 1.39 bits per heavy atom. The molecule has 0 aliphatic carbocycles. The fourth-order valence-electron chi connectivity index (χ4n) is 2.23. The lowest BCUT2D eigenvalue weighted by Crippen LogP contribution is -2.25. The second-order valence-electron chi connectivity index (χ2n) is 4.83. The van der Waals surface area contributed by atoms with E-state index in [1.165, 1.54) is 22.2 Å². The number of fused-ring (bicyclic) bond motifs is 1. The third-order valence-electron chi connectivity index (χ3n) is 3.29. The third kappa shape index (κ3) is 2.95. The van der Waals surface area contributed by atoms with E-state index in [1.807, 2.05) is 6.07 Å². The summed E-state index contributed by atoms with van der Waals surface area (Å²) in [6.45, 7) is 1.80. The average molecular weight is 330 g/mol. The SMILES string of the molecule is CCOC(=O)Cn1cnc2sc(-c3ccccc3O)cc2c1=O. The molecule has 1 N–H and O–H groups in total. The number of phenolic OH excluding ortho intramolecular Hbond substituents is 1. The summed E-state index contributed by atoms with van der Waals surface area (Å²) in [4.78, 5) is 29.5. The first-order chi connectivity index (χ1) is 11.1. The second-order valence-corrected chi connectivity index (χ2v) is 5.86. The van der Waals surface area contributed by atoms with Gasteiger partial charge < -0.3 is 9.84 Å². The van der Waals surface area contributed by atoms with Crippen molar-refractivity contribution in [3.63, 3.8) is 0 Å². The van der Waals surface area contributed by atoms with Gasteiger partial charge >= 0.3 is 5.97 Å². The molecule has 23 heavy (non-hydrogen) atoms. The van der Waals surface area contributed by atoms with Crippen molar-refractivity contribution in [1.29, 1.82) is 0 Å². The molecule has 3 aromatic rings. The quantitative estimate of drug-likeness (QED) is 0.743. The number of ether oxygens (including phenoxy) is 1. The van der Waals surface area contributed by atoms with Crippen LogP contribution in [-0.2, 0) is 16.1 Å². The van der Waals surface area contributed by atoms with E-state index in [0.717, 1.165) is 4.88 Å². The maximum absolute atomic E-state index is 12.5. The summed E-state index contributed by atoms with van der Waals surface area (Å²) >= 11 is 1.32. The minimum absolute atomic E-state index is 0.144. The third-order valence-corrected chi connectivity index (χ3v) is 4.37. The van der Waals surface area contributed by atoms with E-state index in [1.54, 1.807) is 31.2 Å². The summed E-state index contributed by atoms with van der Waals surface area (Å²) in [5.41, 5.74) is 0.341.